The van der Waals surface area contributed by atoms with Gasteiger partial charge in [0, 0.05) is 18.1 Å². The molecule has 1 aliphatic rings. The van der Waals surface area contributed by atoms with Crippen LogP contribution in [0.5, 0.6) is 0 Å². The minimum absolute atomic E-state index is 0.0897. The highest BCUT2D eigenvalue weighted by atomic mass is 16.6. The zero-order valence-electron chi connectivity index (χ0n) is 10.9. The van der Waals surface area contributed by atoms with Crippen molar-refractivity contribution >= 4 is 11.4 Å². The maximum absolute atomic E-state index is 11.0. The minimum atomic E-state index is -0.627. The minimum Gasteiger partial charge on any atom is -0.258 e. The molecule has 1 aromatic carbocycles. The number of hydrogen-bond donors (Lipinski definition) is 0. The van der Waals surface area contributed by atoms with Gasteiger partial charge in [-0.05, 0) is 18.9 Å². The van der Waals surface area contributed by atoms with Crippen molar-refractivity contribution in [3.63, 3.8) is 0 Å². The Morgan fingerprint density at radius 2 is 1.55 bits per heavy atom. The fraction of sp³-hybridized carbons (Fsp3) is 0.429. The largest absolute Gasteiger partial charge is 0.291 e. The first-order chi connectivity index (χ1) is 9.59. The fourth-order valence-corrected chi connectivity index (χ4v) is 2.38. The molecule has 0 unspecified atom stereocenters. The first-order valence-corrected chi connectivity index (χ1v) is 6.53. The molecule has 1 fully saturated rings. The van der Waals surface area contributed by atoms with Crippen LogP contribution in [0.4, 0.5) is 11.4 Å². The van der Waals surface area contributed by atoms with Gasteiger partial charge in [-0.25, -0.2) is 0 Å². The van der Waals surface area contributed by atoms with Gasteiger partial charge >= 0.3 is 0 Å². The predicted octanol–water partition coefficient (Wildman–Crippen LogP) is 3.43. The molecule has 6 nitrogen and oxygen atoms in total. The Labute approximate surface area is 116 Å². The first-order valence-electron chi connectivity index (χ1n) is 6.53. The van der Waals surface area contributed by atoms with E-state index in [9.17, 15) is 20.2 Å². The number of rotatable bonds is 2. The maximum Gasteiger partial charge on any atom is 0.291 e. The molecule has 1 saturated carbocycles. The smallest absolute Gasteiger partial charge is 0.258 e. The molecule has 0 bridgehead atoms. The third kappa shape index (κ3) is 3.12. The molecule has 6 heteroatoms. The second-order valence-corrected chi connectivity index (χ2v) is 4.79. The lowest BCUT2D eigenvalue weighted by Gasteiger charge is -2.15. The molecular formula is C14H14N2O4. The van der Waals surface area contributed by atoms with E-state index in [0.717, 1.165) is 25.7 Å². The van der Waals surface area contributed by atoms with Crippen LogP contribution in [-0.4, -0.2) is 9.85 Å². The number of nitro benzene ring substituents is 2. The Kier molecular flexibility index (Phi) is 4.31. The van der Waals surface area contributed by atoms with Crippen LogP contribution in [0.2, 0.25) is 0 Å². The van der Waals surface area contributed by atoms with Gasteiger partial charge in [-0.3, -0.25) is 20.2 Å². The normalized spacial score (nSPS) is 15.2. The lowest BCUT2D eigenvalue weighted by Crippen LogP contribution is -2.03. The van der Waals surface area contributed by atoms with Crippen LogP contribution in [0.3, 0.4) is 0 Å². The molecule has 104 valence electrons. The molecule has 1 aromatic rings. The molecule has 0 atom stereocenters. The zero-order chi connectivity index (χ0) is 14.5. The first kappa shape index (κ1) is 14.0. The highest BCUT2D eigenvalue weighted by Gasteiger charge is 2.23. The van der Waals surface area contributed by atoms with Crippen molar-refractivity contribution in [3.8, 4) is 11.8 Å². The van der Waals surface area contributed by atoms with Gasteiger partial charge in [-0.15, -0.1) is 0 Å². The van der Waals surface area contributed by atoms with Gasteiger partial charge < -0.3 is 0 Å². The molecule has 0 radical (unpaired) electrons. The SMILES string of the molecule is O=[N+]([O-])c1cccc([N+](=O)[O-])c1C#CC1CCCCC1. The quantitative estimate of drug-likeness (QED) is 0.469. The summed E-state index contributed by atoms with van der Waals surface area (Å²) in [4.78, 5) is 20.7. The van der Waals surface area contributed by atoms with E-state index in [1.54, 1.807) is 0 Å². The van der Waals surface area contributed by atoms with Crippen molar-refractivity contribution in [2.75, 3.05) is 0 Å². The number of nitrogens with zero attached hydrogens (tertiary/aromatic N) is 2. The van der Waals surface area contributed by atoms with Gasteiger partial charge in [0.25, 0.3) is 11.4 Å². The summed E-state index contributed by atoms with van der Waals surface area (Å²) in [6.45, 7) is 0. The molecular weight excluding hydrogens is 260 g/mol. The van der Waals surface area contributed by atoms with E-state index in [1.165, 1.54) is 24.6 Å². The van der Waals surface area contributed by atoms with Gasteiger partial charge in [0.1, 0.15) is 0 Å². The molecule has 0 amide bonds. The summed E-state index contributed by atoms with van der Waals surface area (Å²) < 4.78 is 0. The van der Waals surface area contributed by atoms with Crippen LogP contribution >= 0.6 is 0 Å². The van der Waals surface area contributed by atoms with Crippen LogP contribution in [0, 0.1) is 38.0 Å². The lowest BCUT2D eigenvalue weighted by atomic mass is 9.89. The van der Waals surface area contributed by atoms with Crippen LogP contribution in [0.25, 0.3) is 0 Å². The van der Waals surface area contributed by atoms with Crippen molar-refractivity contribution in [3.05, 3.63) is 44.0 Å². The summed E-state index contributed by atoms with van der Waals surface area (Å²) in [5, 5.41) is 21.9. The summed E-state index contributed by atoms with van der Waals surface area (Å²) in [6, 6.07) is 3.80. The molecule has 0 heterocycles. The van der Waals surface area contributed by atoms with Crippen LogP contribution < -0.4 is 0 Å². The molecule has 0 saturated heterocycles. The van der Waals surface area contributed by atoms with E-state index in [0.29, 0.717) is 0 Å². The van der Waals surface area contributed by atoms with E-state index in [-0.39, 0.29) is 22.9 Å². The van der Waals surface area contributed by atoms with Gasteiger partial charge in [0.05, 0.1) is 9.85 Å². The molecule has 0 spiro atoms. The Bertz CT molecular complexity index is 563. The Morgan fingerprint density at radius 3 is 2.05 bits per heavy atom. The Balaban J connectivity index is 2.40. The summed E-state index contributed by atoms with van der Waals surface area (Å²) in [5.74, 6) is 5.83. The molecule has 20 heavy (non-hydrogen) atoms. The summed E-state index contributed by atoms with van der Waals surface area (Å²) >= 11 is 0. The number of hydrogen-bond acceptors (Lipinski definition) is 4. The zero-order valence-corrected chi connectivity index (χ0v) is 10.9. The van der Waals surface area contributed by atoms with Crippen LogP contribution in [0.1, 0.15) is 37.7 Å². The van der Waals surface area contributed by atoms with E-state index in [4.69, 9.17) is 0 Å². The van der Waals surface area contributed by atoms with Crippen molar-refractivity contribution in [2.24, 2.45) is 5.92 Å². The van der Waals surface area contributed by atoms with Gasteiger partial charge in [0.2, 0.25) is 0 Å². The maximum atomic E-state index is 11.0. The highest BCUT2D eigenvalue weighted by Crippen LogP contribution is 2.28. The predicted molar refractivity (Wildman–Crippen MR) is 73.2 cm³/mol. The van der Waals surface area contributed by atoms with Crippen molar-refractivity contribution < 1.29 is 9.85 Å². The van der Waals surface area contributed by atoms with Crippen LogP contribution in [0.15, 0.2) is 18.2 Å². The van der Waals surface area contributed by atoms with Crippen molar-refractivity contribution in [1.82, 2.24) is 0 Å². The lowest BCUT2D eigenvalue weighted by molar-refractivity contribution is -0.394. The summed E-state index contributed by atoms with van der Waals surface area (Å²) in [7, 11) is 0. The van der Waals surface area contributed by atoms with Gasteiger partial charge in [-0.2, -0.15) is 0 Å². The fourth-order valence-electron chi connectivity index (χ4n) is 2.38. The average molecular weight is 274 g/mol. The Hall–Kier alpha value is -2.42. The third-order valence-corrected chi connectivity index (χ3v) is 3.42. The average Bonchev–Trinajstić information content (AvgIpc) is 2.45. The molecule has 2 rings (SSSR count). The highest BCUT2D eigenvalue weighted by molar-refractivity contribution is 5.62. The van der Waals surface area contributed by atoms with Gasteiger partial charge in [-0.1, -0.05) is 31.1 Å². The van der Waals surface area contributed by atoms with Crippen molar-refractivity contribution in [2.45, 2.75) is 32.1 Å². The monoisotopic (exact) mass is 274 g/mol. The third-order valence-electron chi connectivity index (χ3n) is 3.42. The van der Waals surface area contributed by atoms with E-state index >= 15 is 0 Å². The topological polar surface area (TPSA) is 86.3 Å². The molecule has 0 aliphatic heterocycles. The van der Waals surface area contributed by atoms with Crippen molar-refractivity contribution in [1.29, 1.82) is 0 Å². The van der Waals surface area contributed by atoms with Crippen LogP contribution in [-0.2, 0) is 0 Å². The molecule has 1 aliphatic carbocycles. The second-order valence-electron chi connectivity index (χ2n) is 4.79. The Morgan fingerprint density at radius 1 is 1.00 bits per heavy atom. The summed E-state index contributed by atoms with van der Waals surface area (Å²) in [6.07, 6.45) is 5.29. The van der Waals surface area contributed by atoms with E-state index < -0.39 is 9.85 Å². The molecule has 0 N–H and O–H groups in total. The second kappa shape index (κ2) is 6.15. The van der Waals surface area contributed by atoms with Gasteiger partial charge in [0.15, 0.2) is 5.56 Å². The molecule has 0 aromatic heterocycles. The summed E-state index contributed by atoms with van der Waals surface area (Å²) in [5.41, 5.74) is -0.696. The van der Waals surface area contributed by atoms with E-state index in [2.05, 4.69) is 11.8 Å². The number of benzene rings is 1. The standard InChI is InChI=1S/C14H14N2O4/c17-15(18)13-7-4-8-14(16(19)20)12(13)10-9-11-5-2-1-3-6-11/h4,7-8,11H,1-3,5-6H2. The number of nitro groups is 2. The van der Waals surface area contributed by atoms with E-state index in [1.807, 2.05) is 0 Å².